The molecule has 0 bridgehead atoms. The molecule has 1 aromatic heterocycles. The Labute approximate surface area is 82.1 Å². The van der Waals surface area contributed by atoms with Gasteiger partial charge in [-0.15, -0.1) is 0 Å². The van der Waals surface area contributed by atoms with Crippen LogP contribution in [0.2, 0.25) is 0 Å². The maximum atomic E-state index is 11.6. The lowest BCUT2D eigenvalue weighted by Crippen LogP contribution is -2.36. The molecule has 7 heteroatoms. The van der Waals surface area contributed by atoms with E-state index in [2.05, 4.69) is 20.2 Å². The van der Waals surface area contributed by atoms with Crippen molar-refractivity contribution < 1.29 is 8.42 Å². The molecule has 6 nitrogen and oxygen atoms in total. The van der Waals surface area contributed by atoms with Gasteiger partial charge in [0.25, 0.3) is 10.0 Å². The van der Waals surface area contributed by atoms with Gasteiger partial charge in [0.15, 0.2) is 5.03 Å². The minimum absolute atomic E-state index is 0.0108. The molecule has 1 aromatic rings. The third kappa shape index (κ3) is 1.94. The second-order valence-corrected chi connectivity index (χ2v) is 4.91. The van der Waals surface area contributed by atoms with E-state index in [0.29, 0.717) is 6.54 Å². The molecule has 0 saturated carbocycles. The van der Waals surface area contributed by atoms with Crippen molar-refractivity contribution in [3.8, 4) is 0 Å². The standard InChI is InChI=1S/C7H12N4O2S/c12-14(13,7-2-4-9-10-7)11-6-1-3-8-5-6/h2,4,6,8,11H,1,3,5H2,(H,9,10)/t6-/m0/s1. The summed E-state index contributed by atoms with van der Waals surface area (Å²) >= 11 is 0. The van der Waals surface area contributed by atoms with Crippen molar-refractivity contribution >= 4 is 10.0 Å². The lowest BCUT2D eigenvalue weighted by atomic mass is 10.3. The minimum atomic E-state index is -3.41. The number of nitrogens with one attached hydrogen (secondary N) is 3. The topological polar surface area (TPSA) is 86.9 Å². The zero-order valence-corrected chi connectivity index (χ0v) is 8.34. The maximum absolute atomic E-state index is 11.6. The van der Waals surface area contributed by atoms with Crippen LogP contribution in [0.4, 0.5) is 0 Å². The highest BCUT2D eigenvalue weighted by molar-refractivity contribution is 7.89. The van der Waals surface area contributed by atoms with Gasteiger partial charge in [0.05, 0.1) is 6.20 Å². The number of hydrogen-bond donors (Lipinski definition) is 3. The lowest BCUT2D eigenvalue weighted by Gasteiger charge is -2.09. The van der Waals surface area contributed by atoms with E-state index in [-0.39, 0.29) is 11.1 Å². The van der Waals surface area contributed by atoms with Crippen LogP contribution in [-0.2, 0) is 10.0 Å². The zero-order valence-electron chi connectivity index (χ0n) is 7.53. The largest absolute Gasteiger partial charge is 0.315 e. The average molecular weight is 216 g/mol. The summed E-state index contributed by atoms with van der Waals surface area (Å²) in [6, 6.07) is 1.42. The van der Waals surface area contributed by atoms with Crippen LogP contribution in [0.25, 0.3) is 0 Å². The van der Waals surface area contributed by atoms with E-state index in [9.17, 15) is 8.42 Å². The van der Waals surface area contributed by atoms with Crippen LogP contribution >= 0.6 is 0 Å². The van der Waals surface area contributed by atoms with Crippen molar-refractivity contribution in [2.45, 2.75) is 17.5 Å². The second-order valence-electron chi connectivity index (χ2n) is 3.23. The van der Waals surface area contributed by atoms with Crippen LogP contribution < -0.4 is 10.0 Å². The molecule has 2 rings (SSSR count). The van der Waals surface area contributed by atoms with Crippen LogP contribution in [0.5, 0.6) is 0 Å². The normalized spacial score (nSPS) is 22.7. The van der Waals surface area contributed by atoms with Gasteiger partial charge in [0.1, 0.15) is 0 Å². The van der Waals surface area contributed by atoms with Crippen LogP contribution in [0.1, 0.15) is 6.42 Å². The van der Waals surface area contributed by atoms with Crippen molar-refractivity contribution in [3.63, 3.8) is 0 Å². The SMILES string of the molecule is O=S(=O)(N[C@H]1CCNC1)c1ccn[nH]1. The number of aromatic nitrogens is 2. The zero-order chi connectivity index (χ0) is 10.0. The fourth-order valence-corrected chi connectivity index (χ4v) is 2.61. The fourth-order valence-electron chi connectivity index (χ4n) is 1.43. The highest BCUT2D eigenvalue weighted by atomic mass is 32.2. The summed E-state index contributed by atoms with van der Waals surface area (Å²) in [4.78, 5) is 0. The Bertz CT molecular complexity index is 380. The Kier molecular flexibility index (Phi) is 2.53. The van der Waals surface area contributed by atoms with E-state index < -0.39 is 10.0 Å². The van der Waals surface area contributed by atoms with Crippen LogP contribution in [0.3, 0.4) is 0 Å². The summed E-state index contributed by atoms with van der Waals surface area (Å²) < 4.78 is 25.9. The molecule has 0 unspecified atom stereocenters. The number of rotatable bonds is 3. The van der Waals surface area contributed by atoms with Crippen LogP contribution in [0, 0.1) is 0 Å². The molecule has 1 atom stereocenters. The molecule has 1 saturated heterocycles. The van der Waals surface area contributed by atoms with E-state index in [4.69, 9.17) is 0 Å². The number of nitrogens with zero attached hydrogens (tertiary/aromatic N) is 1. The van der Waals surface area contributed by atoms with Gasteiger partial charge in [-0.2, -0.15) is 5.10 Å². The summed E-state index contributed by atoms with van der Waals surface area (Å²) in [5, 5.41) is 9.24. The molecular weight excluding hydrogens is 204 g/mol. The molecule has 0 aliphatic carbocycles. The number of sulfonamides is 1. The summed E-state index contributed by atoms with van der Waals surface area (Å²) in [6.45, 7) is 1.55. The summed E-state index contributed by atoms with van der Waals surface area (Å²) in [6.07, 6.45) is 2.24. The molecule has 1 fully saturated rings. The minimum Gasteiger partial charge on any atom is -0.315 e. The van der Waals surface area contributed by atoms with E-state index in [1.807, 2.05) is 0 Å². The average Bonchev–Trinajstić information content (AvgIpc) is 2.71. The number of H-pyrrole nitrogens is 1. The van der Waals surface area contributed by atoms with Gasteiger partial charge in [-0.1, -0.05) is 0 Å². The monoisotopic (exact) mass is 216 g/mol. The van der Waals surface area contributed by atoms with Gasteiger partial charge < -0.3 is 5.32 Å². The van der Waals surface area contributed by atoms with Crippen molar-refractivity contribution in [2.24, 2.45) is 0 Å². The van der Waals surface area contributed by atoms with Crippen molar-refractivity contribution in [1.82, 2.24) is 20.2 Å². The molecule has 3 N–H and O–H groups in total. The summed E-state index contributed by atoms with van der Waals surface area (Å²) in [7, 11) is -3.41. The van der Waals surface area contributed by atoms with E-state index in [1.54, 1.807) is 0 Å². The van der Waals surface area contributed by atoms with Gasteiger partial charge in [-0.05, 0) is 19.0 Å². The van der Waals surface area contributed by atoms with Crippen molar-refractivity contribution in [3.05, 3.63) is 12.3 Å². The molecule has 0 radical (unpaired) electrons. The van der Waals surface area contributed by atoms with Gasteiger partial charge in [0, 0.05) is 12.6 Å². The third-order valence-electron chi connectivity index (χ3n) is 2.15. The molecule has 1 aliphatic rings. The van der Waals surface area contributed by atoms with Crippen LogP contribution in [0.15, 0.2) is 17.3 Å². The van der Waals surface area contributed by atoms with Gasteiger partial charge in [0.2, 0.25) is 0 Å². The summed E-state index contributed by atoms with van der Waals surface area (Å²) in [5.41, 5.74) is 0. The first-order valence-electron chi connectivity index (χ1n) is 4.41. The van der Waals surface area contributed by atoms with Crippen LogP contribution in [-0.4, -0.2) is 37.7 Å². The smallest absolute Gasteiger partial charge is 0.257 e. The van der Waals surface area contributed by atoms with Gasteiger partial charge in [-0.25, -0.2) is 13.1 Å². The molecule has 0 amide bonds. The molecule has 78 valence electrons. The van der Waals surface area contributed by atoms with Gasteiger partial charge in [-0.3, -0.25) is 5.10 Å². The first-order valence-corrected chi connectivity index (χ1v) is 5.89. The maximum Gasteiger partial charge on any atom is 0.257 e. The van der Waals surface area contributed by atoms with E-state index >= 15 is 0 Å². The van der Waals surface area contributed by atoms with Gasteiger partial charge >= 0.3 is 0 Å². The summed E-state index contributed by atoms with van der Waals surface area (Å²) in [5.74, 6) is 0. The molecule has 0 aromatic carbocycles. The Morgan fingerprint density at radius 2 is 2.43 bits per heavy atom. The molecule has 2 heterocycles. The highest BCUT2D eigenvalue weighted by Crippen LogP contribution is 2.06. The first kappa shape index (κ1) is 9.63. The molecule has 0 spiro atoms. The van der Waals surface area contributed by atoms with Crippen molar-refractivity contribution in [1.29, 1.82) is 0 Å². The predicted octanol–water partition coefficient (Wildman–Crippen LogP) is -0.950. The Balaban J connectivity index is 2.09. The van der Waals surface area contributed by atoms with E-state index in [1.165, 1.54) is 12.3 Å². The first-order chi connectivity index (χ1) is 6.68. The Hall–Kier alpha value is -0.920. The highest BCUT2D eigenvalue weighted by Gasteiger charge is 2.23. The molecule has 14 heavy (non-hydrogen) atoms. The second kappa shape index (κ2) is 3.68. The molecular formula is C7H12N4O2S. The van der Waals surface area contributed by atoms with E-state index in [0.717, 1.165) is 13.0 Å². The number of aromatic amines is 1. The third-order valence-corrected chi connectivity index (χ3v) is 3.60. The Morgan fingerprint density at radius 3 is 3.00 bits per heavy atom. The predicted molar refractivity (Wildman–Crippen MR) is 50.2 cm³/mol. The molecule has 1 aliphatic heterocycles. The van der Waals surface area contributed by atoms with Crippen molar-refractivity contribution in [2.75, 3.05) is 13.1 Å². The Morgan fingerprint density at radius 1 is 1.57 bits per heavy atom. The number of hydrogen-bond acceptors (Lipinski definition) is 4. The fraction of sp³-hybridized carbons (Fsp3) is 0.571. The lowest BCUT2D eigenvalue weighted by molar-refractivity contribution is 0.556. The quantitative estimate of drug-likeness (QED) is 0.608.